The number of aromatic nitrogens is 1. The van der Waals surface area contributed by atoms with Crippen molar-refractivity contribution in [3.63, 3.8) is 0 Å². The van der Waals surface area contributed by atoms with Crippen molar-refractivity contribution in [1.29, 1.82) is 0 Å². The van der Waals surface area contributed by atoms with Gasteiger partial charge >= 0.3 is 5.91 Å². The summed E-state index contributed by atoms with van der Waals surface area (Å²) in [6.07, 6.45) is 1.38. The Morgan fingerprint density at radius 1 is 0.953 bits per heavy atom. The van der Waals surface area contributed by atoms with E-state index >= 15 is 0 Å². The van der Waals surface area contributed by atoms with Crippen LogP contribution in [0, 0.1) is 13.8 Å². The van der Waals surface area contributed by atoms with E-state index in [1.807, 2.05) is 24.3 Å². The number of halogens is 2. The number of benzene rings is 2. The average Bonchev–Trinajstić information content (AvgIpc) is 3.62. The fraction of sp³-hybridized carbons (Fsp3) is 0.258. The Balaban J connectivity index is 1.10. The Morgan fingerprint density at radius 3 is 2.30 bits per heavy atom. The fourth-order valence-corrected chi connectivity index (χ4v) is 5.16. The van der Waals surface area contributed by atoms with E-state index in [-0.39, 0.29) is 40.7 Å². The Kier molecular flexibility index (Phi) is 9.71. The lowest BCUT2D eigenvalue weighted by molar-refractivity contribution is -0.137. The van der Waals surface area contributed by atoms with E-state index in [4.69, 9.17) is 41.8 Å². The monoisotopic (exact) mass is 624 g/mol. The molecule has 1 aliphatic heterocycles. The average molecular weight is 626 g/mol. The number of furan rings is 1. The lowest BCUT2D eigenvalue weighted by Gasteiger charge is -2.26. The quantitative estimate of drug-likeness (QED) is 0.182. The number of aryl methyl sites for hydroxylation is 2. The summed E-state index contributed by atoms with van der Waals surface area (Å²) in [5, 5.41) is 4.37. The predicted molar refractivity (Wildman–Crippen MR) is 163 cm³/mol. The van der Waals surface area contributed by atoms with Crippen LogP contribution in [0.1, 0.15) is 33.3 Å². The van der Waals surface area contributed by atoms with Gasteiger partial charge in [0.05, 0.1) is 29.5 Å². The molecule has 0 spiro atoms. The molecule has 1 N–H and O–H groups in total. The molecule has 224 valence electrons. The molecule has 1 aliphatic rings. The maximum atomic E-state index is 12.5. The summed E-state index contributed by atoms with van der Waals surface area (Å²) in [5.74, 6) is 0.715. The number of ether oxygens (including phenoxy) is 3. The van der Waals surface area contributed by atoms with Crippen molar-refractivity contribution in [3.05, 3.63) is 99.2 Å². The number of carbonyl (C=O) groups is 2. The molecule has 3 heterocycles. The Morgan fingerprint density at radius 2 is 1.63 bits per heavy atom. The number of hydrogen-bond acceptors (Lipinski definition) is 7. The van der Waals surface area contributed by atoms with Crippen molar-refractivity contribution in [2.75, 3.05) is 32.9 Å². The van der Waals surface area contributed by atoms with Gasteiger partial charge in [-0.2, -0.15) is 5.10 Å². The minimum Gasteiger partial charge on any atom is -0.486 e. The summed E-state index contributed by atoms with van der Waals surface area (Å²) in [5.41, 5.74) is 6.29. The number of carbonyl (C=O) groups excluding carboxylic acids is 2. The summed E-state index contributed by atoms with van der Waals surface area (Å²) in [6.45, 7) is 6.11. The molecule has 4 aromatic rings. The number of hydrogen-bond donors (Lipinski definition) is 1. The topological polar surface area (TPSA) is 108 Å². The number of nitrogens with zero attached hydrogens (tertiary/aromatic N) is 3. The molecular weight excluding hydrogens is 595 g/mol. The van der Waals surface area contributed by atoms with E-state index < -0.39 is 5.91 Å². The minimum absolute atomic E-state index is 0.0782. The first-order chi connectivity index (χ1) is 20.8. The Labute approximate surface area is 258 Å². The van der Waals surface area contributed by atoms with Crippen LogP contribution in [0.2, 0.25) is 10.0 Å². The van der Waals surface area contributed by atoms with Gasteiger partial charge in [0.25, 0.3) is 5.91 Å². The SMILES string of the molecule is Cc1ccc(C)n1-c1ccc(OCc2ccc(C(=O)N/N=C/c3cc(Cl)c(OCC(=O)N4CCOCC4)c(Cl)c3)o2)cc1. The Hall–Kier alpha value is -4.25. The van der Waals surface area contributed by atoms with Crippen molar-refractivity contribution in [2.24, 2.45) is 5.10 Å². The maximum Gasteiger partial charge on any atom is 0.307 e. The van der Waals surface area contributed by atoms with Crippen molar-refractivity contribution >= 4 is 41.2 Å². The minimum atomic E-state index is -0.539. The summed E-state index contributed by atoms with van der Waals surface area (Å²) in [6, 6.07) is 18.3. The zero-order valence-electron chi connectivity index (χ0n) is 23.6. The second kappa shape index (κ2) is 13.8. The lowest BCUT2D eigenvalue weighted by Crippen LogP contribution is -2.43. The highest BCUT2D eigenvalue weighted by molar-refractivity contribution is 6.37. The van der Waals surface area contributed by atoms with Gasteiger partial charge in [-0.05, 0) is 80.1 Å². The summed E-state index contributed by atoms with van der Waals surface area (Å²) < 4.78 is 24.4. The second-order valence-electron chi connectivity index (χ2n) is 9.79. The van der Waals surface area contributed by atoms with E-state index in [1.165, 1.54) is 6.21 Å². The number of morpholine rings is 1. The van der Waals surface area contributed by atoms with Crippen molar-refractivity contribution < 1.29 is 28.2 Å². The zero-order chi connectivity index (χ0) is 30.3. The lowest BCUT2D eigenvalue weighted by atomic mass is 10.2. The number of amides is 2. The van der Waals surface area contributed by atoms with Gasteiger partial charge in [-0.1, -0.05) is 23.2 Å². The van der Waals surface area contributed by atoms with Crippen LogP contribution in [0.3, 0.4) is 0 Å². The van der Waals surface area contributed by atoms with Crippen LogP contribution in [0.15, 0.2) is 70.2 Å². The van der Waals surface area contributed by atoms with Crippen molar-refractivity contribution in [1.82, 2.24) is 14.9 Å². The molecule has 0 radical (unpaired) electrons. The van der Waals surface area contributed by atoms with E-state index in [1.54, 1.807) is 29.2 Å². The van der Waals surface area contributed by atoms with Crippen LogP contribution >= 0.6 is 23.2 Å². The van der Waals surface area contributed by atoms with Gasteiger partial charge in [0.2, 0.25) is 0 Å². The number of rotatable bonds is 10. The molecule has 12 heteroatoms. The third-order valence-corrected chi connectivity index (χ3v) is 7.30. The van der Waals surface area contributed by atoms with Crippen LogP contribution < -0.4 is 14.9 Å². The molecule has 2 aromatic carbocycles. The first kappa shape index (κ1) is 30.2. The normalized spacial score (nSPS) is 13.3. The molecule has 5 rings (SSSR count). The summed E-state index contributed by atoms with van der Waals surface area (Å²) in [4.78, 5) is 26.5. The molecule has 10 nitrogen and oxygen atoms in total. The van der Waals surface area contributed by atoms with Crippen LogP contribution in [0.5, 0.6) is 11.5 Å². The number of nitrogens with one attached hydrogen (secondary N) is 1. The van der Waals surface area contributed by atoms with Gasteiger partial charge in [-0.15, -0.1) is 0 Å². The van der Waals surface area contributed by atoms with E-state index in [9.17, 15) is 9.59 Å². The van der Waals surface area contributed by atoms with Crippen LogP contribution in [-0.2, 0) is 16.1 Å². The highest BCUT2D eigenvalue weighted by Gasteiger charge is 2.19. The molecule has 1 saturated heterocycles. The molecule has 2 amide bonds. The van der Waals surface area contributed by atoms with Gasteiger partial charge in [0.15, 0.2) is 18.1 Å². The zero-order valence-corrected chi connectivity index (χ0v) is 25.2. The summed E-state index contributed by atoms with van der Waals surface area (Å²) >= 11 is 12.7. The molecule has 0 saturated carbocycles. The molecule has 1 fully saturated rings. The molecule has 0 aliphatic carbocycles. The molecule has 0 unspecified atom stereocenters. The van der Waals surface area contributed by atoms with E-state index in [0.29, 0.717) is 43.4 Å². The maximum absolute atomic E-state index is 12.5. The highest BCUT2D eigenvalue weighted by Crippen LogP contribution is 2.34. The van der Waals surface area contributed by atoms with E-state index in [0.717, 1.165) is 17.1 Å². The first-order valence-electron chi connectivity index (χ1n) is 13.6. The molecule has 0 bridgehead atoms. The van der Waals surface area contributed by atoms with E-state index in [2.05, 4.69) is 41.1 Å². The fourth-order valence-electron chi connectivity index (χ4n) is 4.55. The smallest absolute Gasteiger partial charge is 0.307 e. The summed E-state index contributed by atoms with van der Waals surface area (Å²) in [7, 11) is 0. The second-order valence-corrected chi connectivity index (χ2v) is 10.6. The molecular formula is C31H30Cl2N4O6. The van der Waals surface area contributed by atoms with Gasteiger partial charge in [-0.25, -0.2) is 5.43 Å². The molecule has 0 atom stereocenters. The number of hydrazone groups is 1. The van der Waals surface area contributed by atoms with Crippen LogP contribution in [-0.4, -0.2) is 60.4 Å². The van der Waals surface area contributed by atoms with Gasteiger partial charge in [0, 0.05) is 30.2 Å². The van der Waals surface area contributed by atoms with Gasteiger partial charge in [-0.3, -0.25) is 9.59 Å². The molecule has 43 heavy (non-hydrogen) atoms. The molecule has 2 aromatic heterocycles. The van der Waals surface area contributed by atoms with Crippen molar-refractivity contribution in [2.45, 2.75) is 20.5 Å². The third kappa shape index (κ3) is 7.59. The highest BCUT2D eigenvalue weighted by atomic mass is 35.5. The standard InChI is InChI=1S/C31H30Cl2N4O6/c1-20-3-4-21(2)37(20)23-5-7-24(8-6-23)41-18-25-9-10-28(43-25)31(39)35-34-17-22-15-26(32)30(27(33)16-22)42-19-29(38)36-11-13-40-14-12-36/h3-10,15-17H,11-14,18-19H2,1-2H3,(H,35,39)/b34-17+. The largest absolute Gasteiger partial charge is 0.486 e. The third-order valence-electron chi connectivity index (χ3n) is 6.74. The van der Waals surface area contributed by atoms with Crippen LogP contribution in [0.4, 0.5) is 0 Å². The van der Waals surface area contributed by atoms with Gasteiger partial charge in [0.1, 0.15) is 18.1 Å². The predicted octanol–water partition coefficient (Wildman–Crippen LogP) is 5.57. The van der Waals surface area contributed by atoms with Crippen LogP contribution in [0.25, 0.3) is 5.69 Å². The Bertz CT molecular complexity index is 1580. The van der Waals surface area contributed by atoms with Crippen molar-refractivity contribution in [3.8, 4) is 17.2 Å². The first-order valence-corrected chi connectivity index (χ1v) is 14.3. The van der Waals surface area contributed by atoms with Gasteiger partial charge < -0.3 is 28.1 Å².